The van der Waals surface area contributed by atoms with E-state index in [4.69, 9.17) is 9.47 Å². The third kappa shape index (κ3) is 2.94. The predicted molar refractivity (Wildman–Crippen MR) is 105 cm³/mol. The lowest BCUT2D eigenvalue weighted by atomic mass is 9.79. The third-order valence-corrected chi connectivity index (χ3v) is 6.78. The minimum Gasteiger partial charge on any atom is -0.461 e. The van der Waals surface area contributed by atoms with Crippen LogP contribution in [0.1, 0.15) is 37.6 Å². The second-order valence-corrected chi connectivity index (χ2v) is 8.67. The fourth-order valence-electron chi connectivity index (χ4n) is 4.74. The van der Waals surface area contributed by atoms with Crippen molar-refractivity contribution in [1.82, 2.24) is 0 Å². The molecule has 0 amide bonds. The summed E-state index contributed by atoms with van der Waals surface area (Å²) in [6.07, 6.45) is 1.02. The highest BCUT2D eigenvalue weighted by atomic mass is 79.9. The molecule has 0 spiro atoms. The van der Waals surface area contributed by atoms with Crippen LogP contribution in [-0.4, -0.2) is 29.9 Å². The van der Waals surface area contributed by atoms with Gasteiger partial charge in [0.05, 0.1) is 11.5 Å². The highest BCUT2D eigenvalue weighted by molar-refractivity contribution is 9.10. The van der Waals surface area contributed by atoms with E-state index in [0.717, 1.165) is 11.1 Å². The summed E-state index contributed by atoms with van der Waals surface area (Å²) in [7, 11) is 0. The Kier molecular flexibility index (Phi) is 4.78. The quantitative estimate of drug-likeness (QED) is 0.644. The van der Waals surface area contributed by atoms with Gasteiger partial charge in [0, 0.05) is 28.3 Å². The zero-order chi connectivity index (χ0) is 20.2. The molecule has 3 aliphatic rings. The van der Waals surface area contributed by atoms with Crippen LogP contribution in [0.15, 0.2) is 51.5 Å². The van der Waals surface area contributed by atoms with Gasteiger partial charge in [-0.25, -0.2) is 4.79 Å². The van der Waals surface area contributed by atoms with Crippen LogP contribution in [0, 0.1) is 17.8 Å². The zero-order valence-corrected chi connectivity index (χ0v) is 17.5. The SMILES string of the molecule is CC1=CC(=O)C2=C(C)C[C@H](OC(=O)c3ccccc3Br)[C@@H]3[C@H](OC(=O)[C@H]3C)[C@@H]12. The molecule has 1 aromatic rings. The molecule has 5 nitrogen and oxygen atoms in total. The number of carbonyl (C=O) groups excluding carboxylic acids is 3. The number of hydrogen-bond donors (Lipinski definition) is 0. The van der Waals surface area contributed by atoms with E-state index in [1.54, 1.807) is 24.3 Å². The van der Waals surface area contributed by atoms with Crippen molar-refractivity contribution < 1.29 is 23.9 Å². The fourth-order valence-corrected chi connectivity index (χ4v) is 5.18. The van der Waals surface area contributed by atoms with Crippen molar-refractivity contribution in [3.05, 3.63) is 57.1 Å². The average molecular weight is 445 g/mol. The molecule has 0 bridgehead atoms. The zero-order valence-electron chi connectivity index (χ0n) is 15.9. The van der Waals surface area contributed by atoms with Crippen LogP contribution in [-0.2, 0) is 19.1 Å². The smallest absolute Gasteiger partial charge is 0.339 e. The maximum atomic E-state index is 12.8. The molecule has 28 heavy (non-hydrogen) atoms. The highest BCUT2D eigenvalue weighted by Gasteiger charge is 2.55. The number of esters is 2. The van der Waals surface area contributed by atoms with Crippen molar-refractivity contribution in [2.75, 3.05) is 0 Å². The minimum atomic E-state index is -0.537. The van der Waals surface area contributed by atoms with Gasteiger partial charge in [0.25, 0.3) is 0 Å². The summed E-state index contributed by atoms with van der Waals surface area (Å²) in [6, 6.07) is 7.07. The first-order valence-electron chi connectivity index (χ1n) is 9.37. The summed E-state index contributed by atoms with van der Waals surface area (Å²) in [5, 5.41) is 0. The van der Waals surface area contributed by atoms with E-state index in [2.05, 4.69) is 15.9 Å². The number of halogens is 1. The first kappa shape index (κ1) is 19.1. The largest absolute Gasteiger partial charge is 0.461 e. The Balaban J connectivity index is 1.72. The van der Waals surface area contributed by atoms with Crippen molar-refractivity contribution in [2.24, 2.45) is 17.8 Å². The summed E-state index contributed by atoms with van der Waals surface area (Å²) < 4.78 is 12.3. The molecule has 0 radical (unpaired) electrons. The lowest BCUT2D eigenvalue weighted by Crippen LogP contribution is -2.38. The van der Waals surface area contributed by atoms with Crippen LogP contribution in [0.2, 0.25) is 0 Å². The predicted octanol–water partition coefficient (Wildman–Crippen LogP) is 4.02. The minimum absolute atomic E-state index is 0.0351. The molecule has 0 N–H and O–H groups in total. The molecule has 6 heteroatoms. The maximum Gasteiger partial charge on any atom is 0.339 e. The number of ketones is 1. The van der Waals surface area contributed by atoms with Crippen LogP contribution in [0.3, 0.4) is 0 Å². The fraction of sp³-hybridized carbons (Fsp3) is 0.409. The van der Waals surface area contributed by atoms with E-state index in [9.17, 15) is 14.4 Å². The van der Waals surface area contributed by atoms with Crippen molar-refractivity contribution in [3.63, 3.8) is 0 Å². The van der Waals surface area contributed by atoms with Gasteiger partial charge in [0.2, 0.25) is 0 Å². The third-order valence-electron chi connectivity index (χ3n) is 6.08. The van der Waals surface area contributed by atoms with E-state index >= 15 is 0 Å². The Morgan fingerprint density at radius 3 is 2.64 bits per heavy atom. The molecule has 0 unspecified atom stereocenters. The molecule has 1 aromatic carbocycles. The Bertz CT molecular complexity index is 944. The van der Waals surface area contributed by atoms with Gasteiger partial charge >= 0.3 is 11.9 Å². The Morgan fingerprint density at radius 2 is 1.93 bits per heavy atom. The van der Waals surface area contributed by atoms with Gasteiger partial charge in [0.1, 0.15) is 12.2 Å². The number of rotatable bonds is 2. The molecule has 1 aliphatic heterocycles. The van der Waals surface area contributed by atoms with E-state index in [-0.39, 0.29) is 23.6 Å². The molecular weight excluding hydrogens is 424 g/mol. The van der Waals surface area contributed by atoms with Crippen molar-refractivity contribution in [2.45, 2.75) is 39.4 Å². The summed E-state index contributed by atoms with van der Waals surface area (Å²) in [4.78, 5) is 37.7. The Morgan fingerprint density at radius 1 is 1.21 bits per heavy atom. The van der Waals surface area contributed by atoms with Crippen LogP contribution < -0.4 is 0 Å². The van der Waals surface area contributed by atoms with Crippen LogP contribution in [0.5, 0.6) is 0 Å². The van der Waals surface area contributed by atoms with Crippen LogP contribution in [0.4, 0.5) is 0 Å². The molecule has 1 heterocycles. The first-order chi connectivity index (χ1) is 13.3. The molecular formula is C22H21BrO5. The van der Waals surface area contributed by atoms with E-state index in [1.807, 2.05) is 26.8 Å². The Labute approximate surface area is 171 Å². The van der Waals surface area contributed by atoms with E-state index in [0.29, 0.717) is 22.0 Å². The topological polar surface area (TPSA) is 69.7 Å². The monoisotopic (exact) mass is 444 g/mol. The summed E-state index contributed by atoms with van der Waals surface area (Å²) in [5.74, 6) is -1.75. The van der Waals surface area contributed by atoms with Gasteiger partial charge < -0.3 is 9.47 Å². The summed E-state index contributed by atoms with van der Waals surface area (Å²) in [5.41, 5.74) is 2.91. The molecule has 0 aromatic heterocycles. The van der Waals surface area contributed by atoms with Crippen molar-refractivity contribution in [3.8, 4) is 0 Å². The molecule has 146 valence electrons. The van der Waals surface area contributed by atoms with Gasteiger partial charge in [-0.15, -0.1) is 0 Å². The molecule has 5 atom stereocenters. The molecule has 4 rings (SSSR count). The Hall–Kier alpha value is -2.21. The number of hydrogen-bond acceptors (Lipinski definition) is 5. The van der Waals surface area contributed by atoms with Gasteiger partial charge in [-0.05, 0) is 48.0 Å². The lowest BCUT2D eigenvalue weighted by Gasteiger charge is -2.29. The van der Waals surface area contributed by atoms with Crippen molar-refractivity contribution >= 4 is 33.7 Å². The molecule has 1 saturated heterocycles. The normalized spacial score (nSPS) is 31.7. The maximum absolute atomic E-state index is 12.8. The number of ether oxygens (including phenoxy) is 2. The molecule has 1 fully saturated rings. The van der Waals surface area contributed by atoms with E-state index < -0.39 is 24.1 Å². The molecule has 0 saturated carbocycles. The van der Waals surface area contributed by atoms with Gasteiger partial charge in [0.15, 0.2) is 5.78 Å². The summed E-state index contributed by atoms with van der Waals surface area (Å²) >= 11 is 3.38. The average Bonchev–Trinajstić information content (AvgIpc) is 3.05. The van der Waals surface area contributed by atoms with E-state index in [1.165, 1.54) is 0 Å². The molecule has 2 aliphatic carbocycles. The van der Waals surface area contributed by atoms with Gasteiger partial charge in [-0.1, -0.05) is 30.2 Å². The van der Waals surface area contributed by atoms with Crippen LogP contribution in [0.25, 0.3) is 0 Å². The van der Waals surface area contributed by atoms with Gasteiger partial charge in [-0.2, -0.15) is 0 Å². The standard InChI is InChI=1S/C22H21BrO5/c1-10-8-15(24)17-11(2)9-16(19-12(3)21(25)28-20(19)18(10)17)27-22(26)13-6-4-5-7-14(13)23/h4-8,12,16,18-20H,9H2,1-3H3/t12-,16-,18-,19+,20+/m0/s1. The van der Waals surface area contributed by atoms with Crippen molar-refractivity contribution in [1.29, 1.82) is 0 Å². The lowest BCUT2D eigenvalue weighted by molar-refractivity contribution is -0.144. The second-order valence-electron chi connectivity index (χ2n) is 7.82. The number of allylic oxidation sites excluding steroid dienone is 1. The number of carbonyl (C=O) groups is 3. The van der Waals surface area contributed by atoms with Gasteiger partial charge in [-0.3, -0.25) is 9.59 Å². The number of fused-ring (bicyclic) bond motifs is 3. The summed E-state index contributed by atoms with van der Waals surface area (Å²) in [6.45, 7) is 5.60. The first-order valence-corrected chi connectivity index (χ1v) is 10.2. The number of benzene rings is 1. The highest BCUT2D eigenvalue weighted by Crippen LogP contribution is 2.48. The second kappa shape index (κ2) is 6.99. The van der Waals surface area contributed by atoms with Crippen LogP contribution >= 0.6 is 15.9 Å².